The van der Waals surface area contributed by atoms with Crippen molar-refractivity contribution in [3.8, 4) is 0 Å². The number of rotatable bonds is 2. The van der Waals surface area contributed by atoms with Crippen LogP contribution in [-0.4, -0.2) is 24.6 Å². The molecular formula is C20H13N5. The molecule has 0 spiro atoms. The lowest BCUT2D eigenvalue weighted by atomic mass is 10.2. The van der Waals surface area contributed by atoms with Gasteiger partial charge < -0.3 is 0 Å². The lowest BCUT2D eigenvalue weighted by Gasteiger charge is -1.97. The van der Waals surface area contributed by atoms with E-state index in [1.807, 2.05) is 60.8 Å². The minimum Gasteiger partial charge on any atom is -0.252 e. The smallest absolute Gasteiger partial charge is 0.182 e. The molecule has 5 heteroatoms. The summed E-state index contributed by atoms with van der Waals surface area (Å²) in [6, 6.07) is 18.0. The van der Waals surface area contributed by atoms with Crippen molar-refractivity contribution in [2.24, 2.45) is 0 Å². The number of hydrogen-bond acceptors (Lipinski definition) is 4. The Labute approximate surface area is 143 Å². The molecule has 0 aliphatic heterocycles. The van der Waals surface area contributed by atoms with Gasteiger partial charge in [-0.05, 0) is 36.4 Å². The van der Waals surface area contributed by atoms with Crippen molar-refractivity contribution in [2.45, 2.75) is 0 Å². The molecule has 5 aromatic rings. The number of benzene rings is 1. The first-order valence-corrected chi connectivity index (χ1v) is 8.01. The van der Waals surface area contributed by atoms with Crippen molar-refractivity contribution < 1.29 is 0 Å². The number of fused-ring (bicyclic) bond motifs is 4. The summed E-state index contributed by atoms with van der Waals surface area (Å²) in [5.74, 6) is 0.633. The Hall–Kier alpha value is -3.60. The largest absolute Gasteiger partial charge is 0.252 e. The van der Waals surface area contributed by atoms with E-state index in [2.05, 4.69) is 32.2 Å². The fourth-order valence-electron chi connectivity index (χ4n) is 2.90. The molecule has 0 N–H and O–H groups in total. The van der Waals surface area contributed by atoms with Gasteiger partial charge in [-0.25, -0.2) is 14.5 Å². The third-order valence-electron chi connectivity index (χ3n) is 4.12. The van der Waals surface area contributed by atoms with Crippen LogP contribution < -0.4 is 0 Å². The number of pyridine rings is 3. The fourth-order valence-corrected chi connectivity index (χ4v) is 2.90. The molecule has 0 radical (unpaired) electrons. The van der Waals surface area contributed by atoms with Crippen molar-refractivity contribution in [2.75, 3.05) is 0 Å². The molecule has 5 rings (SSSR count). The lowest BCUT2D eigenvalue weighted by Crippen LogP contribution is -1.89. The Morgan fingerprint density at radius 1 is 0.800 bits per heavy atom. The molecule has 4 heterocycles. The molecule has 0 aliphatic carbocycles. The van der Waals surface area contributed by atoms with Gasteiger partial charge in [0.2, 0.25) is 0 Å². The summed E-state index contributed by atoms with van der Waals surface area (Å²) in [6.07, 6.45) is 7.47. The molecule has 0 saturated carbocycles. The lowest BCUT2D eigenvalue weighted by molar-refractivity contribution is 0.957. The topological polar surface area (TPSA) is 56.0 Å². The average molecular weight is 323 g/mol. The van der Waals surface area contributed by atoms with Crippen molar-refractivity contribution >= 4 is 39.6 Å². The predicted octanol–water partition coefficient (Wildman–Crippen LogP) is 4.00. The maximum absolute atomic E-state index is 4.63. The summed E-state index contributed by atoms with van der Waals surface area (Å²) in [5.41, 5.74) is 3.45. The van der Waals surface area contributed by atoms with E-state index in [-0.39, 0.29) is 0 Å². The molecule has 1 aromatic carbocycles. The predicted molar refractivity (Wildman–Crippen MR) is 99.0 cm³/mol. The van der Waals surface area contributed by atoms with E-state index in [1.165, 1.54) is 0 Å². The van der Waals surface area contributed by atoms with Gasteiger partial charge in [0.25, 0.3) is 0 Å². The second kappa shape index (κ2) is 5.49. The van der Waals surface area contributed by atoms with Gasteiger partial charge in [-0.1, -0.05) is 30.3 Å². The van der Waals surface area contributed by atoms with Crippen LogP contribution in [0.3, 0.4) is 0 Å². The zero-order valence-corrected chi connectivity index (χ0v) is 13.2. The molecule has 5 nitrogen and oxygen atoms in total. The Balaban J connectivity index is 1.56. The summed E-state index contributed by atoms with van der Waals surface area (Å²) >= 11 is 0. The molecule has 0 bridgehead atoms. The number of para-hydroxylation sites is 1. The summed E-state index contributed by atoms with van der Waals surface area (Å²) in [6.45, 7) is 0. The van der Waals surface area contributed by atoms with Crippen LogP contribution in [0.5, 0.6) is 0 Å². The molecule has 0 amide bonds. The molecule has 25 heavy (non-hydrogen) atoms. The maximum atomic E-state index is 4.63. The zero-order valence-electron chi connectivity index (χ0n) is 13.2. The minimum atomic E-state index is 0.633. The van der Waals surface area contributed by atoms with E-state index in [1.54, 1.807) is 10.7 Å². The molecular weight excluding hydrogens is 310 g/mol. The first-order valence-electron chi connectivity index (χ1n) is 8.01. The molecule has 0 unspecified atom stereocenters. The highest BCUT2D eigenvalue weighted by atomic mass is 15.3. The van der Waals surface area contributed by atoms with Crippen molar-refractivity contribution in [1.29, 1.82) is 0 Å². The molecule has 0 atom stereocenters. The zero-order chi connectivity index (χ0) is 16.6. The number of aromatic nitrogens is 5. The normalized spacial score (nSPS) is 11.8. The molecule has 118 valence electrons. The molecule has 0 saturated heterocycles. The quantitative estimate of drug-likeness (QED) is 0.493. The van der Waals surface area contributed by atoms with Gasteiger partial charge in [0.15, 0.2) is 11.5 Å². The fraction of sp³-hybridized carbons (Fsp3) is 0. The Morgan fingerprint density at radius 3 is 2.72 bits per heavy atom. The molecule has 0 fully saturated rings. The highest BCUT2D eigenvalue weighted by Gasteiger charge is 2.06. The summed E-state index contributed by atoms with van der Waals surface area (Å²) < 4.78 is 1.75. The van der Waals surface area contributed by atoms with Crippen LogP contribution in [0.25, 0.3) is 39.6 Å². The van der Waals surface area contributed by atoms with Crippen LogP contribution in [0.15, 0.2) is 67.0 Å². The van der Waals surface area contributed by atoms with Crippen LogP contribution in [0, 0.1) is 0 Å². The van der Waals surface area contributed by atoms with Gasteiger partial charge in [-0.3, -0.25) is 4.98 Å². The highest BCUT2D eigenvalue weighted by Crippen LogP contribution is 2.17. The second-order valence-electron chi connectivity index (χ2n) is 5.76. The standard InChI is InChI=1S/C20H13N5/c1-2-6-17-14(4-1)7-8-16(22-17)9-10-18-23-20-19-15(5-3-12-21-19)11-13-25(20)24-18/h1-13H. The van der Waals surface area contributed by atoms with Crippen LogP contribution in [-0.2, 0) is 0 Å². The van der Waals surface area contributed by atoms with Gasteiger partial charge >= 0.3 is 0 Å². The Kier molecular flexibility index (Phi) is 3.03. The van der Waals surface area contributed by atoms with Gasteiger partial charge in [0.05, 0.1) is 11.2 Å². The summed E-state index contributed by atoms with van der Waals surface area (Å²) in [7, 11) is 0. The van der Waals surface area contributed by atoms with E-state index in [0.29, 0.717) is 5.82 Å². The van der Waals surface area contributed by atoms with Gasteiger partial charge in [-0.15, -0.1) is 5.10 Å². The third kappa shape index (κ3) is 2.42. The summed E-state index contributed by atoms with van der Waals surface area (Å²) in [4.78, 5) is 13.6. The Morgan fingerprint density at radius 2 is 1.72 bits per heavy atom. The van der Waals surface area contributed by atoms with Crippen LogP contribution in [0.4, 0.5) is 0 Å². The first-order chi connectivity index (χ1) is 12.4. The van der Waals surface area contributed by atoms with Crippen molar-refractivity contribution in [3.05, 3.63) is 78.5 Å². The maximum Gasteiger partial charge on any atom is 0.182 e. The van der Waals surface area contributed by atoms with Gasteiger partial charge in [0.1, 0.15) is 5.52 Å². The van der Waals surface area contributed by atoms with Crippen LogP contribution in [0.2, 0.25) is 0 Å². The van der Waals surface area contributed by atoms with E-state index >= 15 is 0 Å². The molecule has 4 aromatic heterocycles. The van der Waals surface area contributed by atoms with Crippen LogP contribution in [0.1, 0.15) is 11.5 Å². The highest BCUT2D eigenvalue weighted by molar-refractivity contribution is 5.90. The monoisotopic (exact) mass is 323 g/mol. The van der Waals surface area contributed by atoms with E-state index in [4.69, 9.17) is 0 Å². The minimum absolute atomic E-state index is 0.633. The van der Waals surface area contributed by atoms with Gasteiger partial charge in [-0.2, -0.15) is 0 Å². The Bertz CT molecular complexity index is 1250. The second-order valence-corrected chi connectivity index (χ2v) is 5.76. The average Bonchev–Trinajstić information content (AvgIpc) is 3.10. The third-order valence-corrected chi connectivity index (χ3v) is 4.12. The number of nitrogens with zero attached hydrogens (tertiary/aromatic N) is 5. The number of hydrogen-bond donors (Lipinski definition) is 0. The van der Waals surface area contributed by atoms with Crippen LogP contribution >= 0.6 is 0 Å². The van der Waals surface area contributed by atoms with Gasteiger partial charge in [0, 0.05) is 23.2 Å². The van der Waals surface area contributed by atoms with Crippen molar-refractivity contribution in [1.82, 2.24) is 24.6 Å². The first kappa shape index (κ1) is 13.8. The van der Waals surface area contributed by atoms with Crippen molar-refractivity contribution in [3.63, 3.8) is 0 Å². The summed E-state index contributed by atoms with van der Waals surface area (Å²) in [5, 5.41) is 6.67. The van der Waals surface area contributed by atoms with E-state index in [0.717, 1.165) is 33.1 Å². The van der Waals surface area contributed by atoms with E-state index < -0.39 is 0 Å². The SMILES string of the molecule is C(=Cc1nc2c3ncccc3ccn2n1)c1ccc2ccccc2n1. The molecule has 0 aliphatic rings. The van der Waals surface area contributed by atoms with E-state index in [9.17, 15) is 0 Å².